The topological polar surface area (TPSA) is 29.4 Å². The minimum Gasteiger partial charge on any atom is -0.244 e. The van der Waals surface area contributed by atoms with E-state index in [-0.39, 0.29) is 0 Å². The molecular formula is C11H16FNOS. The van der Waals surface area contributed by atoms with Gasteiger partial charge >= 0.3 is 0 Å². The number of nitrogens with zero attached hydrogens (tertiary/aromatic N) is 1. The first-order valence-electron chi connectivity index (χ1n) is 5.44. The van der Waals surface area contributed by atoms with Crippen molar-refractivity contribution in [2.45, 2.75) is 43.8 Å². The summed E-state index contributed by atoms with van der Waals surface area (Å²) in [5, 5.41) is 0. The second-order valence-corrected chi connectivity index (χ2v) is 6.18. The summed E-state index contributed by atoms with van der Waals surface area (Å²) in [6, 6.07) is 0. The summed E-state index contributed by atoms with van der Waals surface area (Å²) in [5.41, 5.74) is -1.53. The summed E-state index contributed by atoms with van der Waals surface area (Å²) < 4.78 is 13.6. The van der Waals surface area contributed by atoms with Crippen molar-refractivity contribution in [2.24, 2.45) is 10.9 Å². The van der Waals surface area contributed by atoms with Crippen LogP contribution in [0.25, 0.3) is 0 Å². The fourth-order valence-corrected chi connectivity index (χ4v) is 4.12. The number of carbonyl (C=O) groups excluding carboxylic acids is 1. The van der Waals surface area contributed by atoms with Gasteiger partial charge in [-0.3, -0.25) is 0 Å². The maximum Gasteiger partial charge on any atom is 0.235 e. The SMILES string of the molecule is CC1(F)CC(N=C=O)(C2CCSCC2)C1. The van der Waals surface area contributed by atoms with Crippen LogP contribution < -0.4 is 0 Å². The lowest BCUT2D eigenvalue weighted by Crippen LogP contribution is -2.56. The highest BCUT2D eigenvalue weighted by Gasteiger charge is 2.56. The van der Waals surface area contributed by atoms with E-state index >= 15 is 0 Å². The third kappa shape index (κ3) is 2.11. The molecule has 0 radical (unpaired) electrons. The molecule has 1 heterocycles. The number of aliphatic imine (C=N–C) groups is 1. The molecule has 15 heavy (non-hydrogen) atoms. The Morgan fingerprint density at radius 3 is 2.47 bits per heavy atom. The minimum atomic E-state index is -1.12. The second kappa shape index (κ2) is 3.91. The van der Waals surface area contributed by atoms with Crippen LogP contribution >= 0.6 is 11.8 Å². The molecular weight excluding hydrogens is 213 g/mol. The van der Waals surface area contributed by atoms with E-state index in [2.05, 4.69) is 4.99 Å². The van der Waals surface area contributed by atoms with Crippen LogP contribution in [0.2, 0.25) is 0 Å². The predicted octanol–water partition coefficient (Wildman–Crippen LogP) is 2.73. The quantitative estimate of drug-likeness (QED) is 0.538. The first-order chi connectivity index (χ1) is 7.08. The van der Waals surface area contributed by atoms with Gasteiger partial charge in [0.1, 0.15) is 5.67 Å². The number of halogens is 1. The Labute approximate surface area is 93.7 Å². The molecule has 84 valence electrons. The van der Waals surface area contributed by atoms with Gasteiger partial charge in [-0.25, -0.2) is 9.18 Å². The first-order valence-corrected chi connectivity index (χ1v) is 6.59. The van der Waals surface area contributed by atoms with Crippen LogP contribution in [-0.2, 0) is 4.79 Å². The Balaban J connectivity index is 2.10. The minimum absolute atomic E-state index is 0.393. The van der Waals surface area contributed by atoms with Crippen LogP contribution in [0.1, 0.15) is 32.6 Å². The third-order valence-electron chi connectivity index (χ3n) is 3.60. The van der Waals surface area contributed by atoms with Gasteiger partial charge in [-0.15, -0.1) is 0 Å². The van der Waals surface area contributed by atoms with E-state index in [9.17, 15) is 9.18 Å². The summed E-state index contributed by atoms with van der Waals surface area (Å²) in [7, 11) is 0. The molecule has 0 atom stereocenters. The van der Waals surface area contributed by atoms with Crippen LogP contribution in [0.3, 0.4) is 0 Å². The number of rotatable bonds is 2. The molecule has 2 rings (SSSR count). The van der Waals surface area contributed by atoms with Gasteiger partial charge in [-0.1, -0.05) is 0 Å². The molecule has 1 saturated carbocycles. The van der Waals surface area contributed by atoms with E-state index in [0.717, 1.165) is 24.3 Å². The monoisotopic (exact) mass is 229 g/mol. The molecule has 0 amide bonds. The third-order valence-corrected chi connectivity index (χ3v) is 4.65. The Kier molecular flexibility index (Phi) is 2.91. The van der Waals surface area contributed by atoms with Gasteiger partial charge < -0.3 is 0 Å². The zero-order valence-electron chi connectivity index (χ0n) is 8.96. The van der Waals surface area contributed by atoms with Gasteiger partial charge in [0.25, 0.3) is 0 Å². The van der Waals surface area contributed by atoms with Gasteiger partial charge in [-0.2, -0.15) is 16.8 Å². The van der Waals surface area contributed by atoms with Gasteiger partial charge in [-0.05, 0) is 37.2 Å². The molecule has 0 aromatic carbocycles. The molecule has 0 bridgehead atoms. The zero-order chi connectivity index (χ0) is 10.9. The molecule has 2 aliphatic rings. The molecule has 0 N–H and O–H groups in total. The van der Waals surface area contributed by atoms with E-state index in [1.165, 1.54) is 0 Å². The molecule has 1 aliphatic heterocycles. The largest absolute Gasteiger partial charge is 0.244 e. The van der Waals surface area contributed by atoms with E-state index in [0.29, 0.717) is 18.8 Å². The van der Waals surface area contributed by atoms with Crippen molar-refractivity contribution >= 4 is 17.8 Å². The van der Waals surface area contributed by atoms with Crippen LogP contribution in [0.15, 0.2) is 4.99 Å². The number of hydrogen-bond donors (Lipinski definition) is 0. The average Bonchev–Trinajstić information content (AvgIpc) is 2.16. The van der Waals surface area contributed by atoms with E-state index in [1.807, 2.05) is 11.8 Å². The van der Waals surface area contributed by atoms with Crippen molar-refractivity contribution in [3.05, 3.63) is 0 Å². The molecule has 2 nitrogen and oxygen atoms in total. The summed E-state index contributed by atoms with van der Waals surface area (Å²) in [6.07, 6.45) is 4.58. The van der Waals surface area contributed by atoms with Crippen molar-refractivity contribution in [1.29, 1.82) is 0 Å². The van der Waals surface area contributed by atoms with Crippen LogP contribution in [0.5, 0.6) is 0 Å². The molecule has 1 aliphatic carbocycles. The Hall–Kier alpha value is -0.340. The highest BCUT2D eigenvalue weighted by molar-refractivity contribution is 7.99. The van der Waals surface area contributed by atoms with Crippen LogP contribution in [0.4, 0.5) is 4.39 Å². The van der Waals surface area contributed by atoms with Crippen LogP contribution in [-0.4, -0.2) is 28.8 Å². The van der Waals surface area contributed by atoms with Crippen molar-refractivity contribution in [3.8, 4) is 0 Å². The number of alkyl halides is 1. The number of isocyanates is 1. The fourth-order valence-electron chi connectivity index (χ4n) is 3.01. The summed E-state index contributed by atoms with van der Waals surface area (Å²) in [5.74, 6) is 2.62. The van der Waals surface area contributed by atoms with E-state index < -0.39 is 11.2 Å². The molecule has 0 aromatic heterocycles. The number of hydrogen-bond acceptors (Lipinski definition) is 3. The molecule has 0 spiro atoms. The van der Waals surface area contributed by atoms with Gasteiger partial charge in [0, 0.05) is 12.8 Å². The van der Waals surface area contributed by atoms with Gasteiger partial charge in [0.15, 0.2) is 0 Å². The van der Waals surface area contributed by atoms with Crippen molar-refractivity contribution in [2.75, 3.05) is 11.5 Å². The molecule has 0 unspecified atom stereocenters. The van der Waals surface area contributed by atoms with Crippen molar-refractivity contribution in [3.63, 3.8) is 0 Å². The standard InChI is InChI=1S/C11H16FNOS/c1-10(12)6-11(7-10,13-8-14)9-2-4-15-5-3-9/h9H,2-7H2,1H3. The molecule has 4 heteroatoms. The van der Waals surface area contributed by atoms with E-state index in [1.54, 1.807) is 13.0 Å². The zero-order valence-corrected chi connectivity index (χ0v) is 9.78. The Bertz CT molecular complexity index is 285. The van der Waals surface area contributed by atoms with E-state index in [4.69, 9.17) is 0 Å². The molecule has 1 saturated heterocycles. The second-order valence-electron chi connectivity index (χ2n) is 4.96. The fraction of sp³-hybridized carbons (Fsp3) is 0.909. The van der Waals surface area contributed by atoms with Crippen LogP contribution in [0, 0.1) is 5.92 Å². The molecule has 2 fully saturated rings. The van der Waals surface area contributed by atoms with Gasteiger partial charge in [0.05, 0.1) is 5.54 Å². The average molecular weight is 229 g/mol. The maximum atomic E-state index is 13.6. The highest BCUT2D eigenvalue weighted by atomic mass is 32.2. The first kappa shape index (κ1) is 11.2. The van der Waals surface area contributed by atoms with Gasteiger partial charge in [0.2, 0.25) is 6.08 Å². The predicted molar refractivity (Wildman–Crippen MR) is 59.6 cm³/mol. The smallest absolute Gasteiger partial charge is 0.235 e. The lowest BCUT2D eigenvalue weighted by Gasteiger charge is -2.51. The summed E-state index contributed by atoms with van der Waals surface area (Å²) >= 11 is 1.93. The maximum absolute atomic E-state index is 13.6. The lowest BCUT2D eigenvalue weighted by molar-refractivity contribution is -0.0288. The number of thioether (sulfide) groups is 1. The summed E-state index contributed by atoms with van der Waals surface area (Å²) in [6.45, 7) is 1.60. The Morgan fingerprint density at radius 1 is 1.40 bits per heavy atom. The lowest BCUT2D eigenvalue weighted by atomic mass is 9.60. The summed E-state index contributed by atoms with van der Waals surface area (Å²) in [4.78, 5) is 14.4. The molecule has 0 aromatic rings. The highest BCUT2D eigenvalue weighted by Crippen LogP contribution is 2.53. The normalized spacial score (nSPS) is 41.7. The van der Waals surface area contributed by atoms with Crippen molar-refractivity contribution < 1.29 is 9.18 Å². The Morgan fingerprint density at radius 2 is 2.00 bits per heavy atom. The van der Waals surface area contributed by atoms with Crippen molar-refractivity contribution in [1.82, 2.24) is 0 Å².